The molecule has 2 aliphatic rings. The van der Waals surface area contributed by atoms with Gasteiger partial charge in [-0.05, 0) is 45.1 Å². The van der Waals surface area contributed by atoms with Crippen LogP contribution in [-0.2, 0) is 4.79 Å². The third kappa shape index (κ3) is 3.49. The molecule has 0 aromatic carbocycles. The van der Waals surface area contributed by atoms with E-state index in [2.05, 4.69) is 10.6 Å². The van der Waals surface area contributed by atoms with Crippen LogP contribution in [0.3, 0.4) is 0 Å². The Bertz CT molecular complexity index is 220. The third-order valence-electron chi connectivity index (χ3n) is 3.50. The minimum absolute atomic E-state index is 0.0220. The zero-order valence-electron chi connectivity index (χ0n) is 9.59. The van der Waals surface area contributed by atoms with Gasteiger partial charge in [0, 0.05) is 6.04 Å². The normalized spacial score (nSPS) is 24.1. The summed E-state index contributed by atoms with van der Waals surface area (Å²) < 4.78 is 0. The lowest BCUT2D eigenvalue weighted by Gasteiger charge is -2.17. The summed E-state index contributed by atoms with van der Waals surface area (Å²) in [5.41, 5.74) is 0. The van der Waals surface area contributed by atoms with Gasteiger partial charge in [-0.25, -0.2) is 0 Å². The highest BCUT2D eigenvalue weighted by molar-refractivity contribution is 5.81. The summed E-state index contributed by atoms with van der Waals surface area (Å²) in [6.07, 6.45) is 7.56. The Morgan fingerprint density at radius 3 is 2.53 bits per heavy atom. The minimum Gasteiger partial charge on any atom is -0.352 e. The average molecular weight is 210 g/mol. The Balaban J connectivity index is 1.63. The molecule has 15 heavy (non-hydrogen) atoms. The molecule has 2 N–H and O–H groups in total. The van der Waals surface area contributed by atoms with E-state index in [0.29, 0.717) is 6.04 Å². The quantitative estimate of drug-likeness (QED) is 0.721. The maximum absolute atomic E-state index is 11.8. The van der Waals surface area contributed by atoms with Crippen molar-refractivity contribution in [2.75, 3.05) is 6.54 Å². The van der Waals surface area contributed by atoms with Crippen LogP contribution in [-0.4, -0.2) is 24.5 Å². The molecule has 0 bridgehead atoms. The van der Waals surface area contributed by atoms with Crippen LogP contribution in [0.4, 0.5) is 0 Å². The topological polar surface area (TPSA) is 41.1 Å². The molecule has 3 nitrogen and oxygen atoms in total. The molecule has 2 saturated carbocycles. The molecule has 0 radical (unpaired) electrons. The number of hydrogen-bond acceptors (Lipinski definition) is 2. The van der Waals surface area contributed by atoms with Gasteiger partial charge >= 0.3 is 0 Å². The number of rotatable bonds is 5. The number of carbonyl (C=O) groups excluding carboxylic acids is 1. The minimum atomic E-state index is -0.0220. The van der Waals surface area contributed by atoms with Crippen molar-refractivity contribution in [1.82, 2.24) is 10.6 Å². The van der Waals surface area contributed by atoms with Crippen LogP contribution in [0.2, 0.25) is 0 Å². The number of hydrogen-bond donors (Lipinski definition) is 2. The molecule has 0 aromatic rings. The monoisotopic (exact) mass is 210 g/mol. The highest BCUT2D eigenvalue weighted by Gasteiger charge is 2.24. The van der Waals surface area contributed by atoms with Gasteiger partial charge in [0.25, 0.3) is 0 Å². The molecule has 86 valence electrons. The fourth-order valence-corrected chi connectivity index (χ4v) is 2.15. The lowest BCUT2D eigenvalue weighted by molar-refractivity contribution is -0.123. The van der Waals surface area contributed by atoms with Gasteiger partial charge in [0.2, 0.25) is 5.91 Å². The van der Waals surface area contributed by atoms with E-state index in [4.69, 9.17) is 0 Å². The van der Waals surface area contributed by atoms with Crippen molar-refractivity contribution in [3.63, 3.8) is 0 Å². The largest absolute Gasteiger partial charge is 0.352 e. The maximum atomic E-state index is 11.8. The van der Waals surface area contributed by atoms with Crippen molar-refractivity contribution in [3.05, 3.63) is 0 Å². The van der Waals surface area contributed by atoms with Crippen molar-refractivity contribution in [1.29, 1.82) is 0 Å². The zero-order valence-corrected chi connectivity index (χ0v) is 9.59. The molecular formula is C12H22N2O. The second-order valence-corrected chi connectivity index (χ2v) is 5.06. The number of carbonyl (C=O) groups is 1. The van der Waals surface area contributed by atoms with Crippen molar-refractivity contribution >= 4 is 5.91 Å². The predicted molar refractivity (Wildman–Crippen MR) is 60.6 cm³/mol. The molecule has 0 spiro atoms. The first kappa shape index (κ1) is 10.9. The van der Waals surface area contributed by atoms with Crippen molar-refractivity contribution in [2.45, 2.75) is 57.5 Å². The molecule has 2 rings (SSSR count). The molecule has 0 aromatic heterocycles. The molecular weight excluding hydrogens is 188 g/mol. The van der Waals surface area contributed by atoms with Crippen LogP contribution >= 0.6 is 0 Å². The van der Waals surface area contributed by atoms with Crippen LogP contribution in [0.25, 0.3) is 0 Å². The van der Waals surface area contributed by atoms with E-state index >= 15 is 0 Å². The van der Waals surface area contributed by atoms with E-state index in [1.165, 1.54) is 38.5 Å². The van der Waals surface area contributed by atoms with E-state index in [1.807, 2.05) is 6.92 Å². The van der Waals surface area contributed by atoms with E-state index in [0.717, 1.165) is 12.5 Å². The van der Waals surface area contributed by atoms with E-state index in [1.54, 1.807) is 0 Å². The fourth-order valence-electron chi connectivity index (χ4n) is 2.15. The zero-order chi connectivity index (χ0) is 10.7. The fraction of sp³-hybridized carbons (Fsp3) is 0.917. The summed E-state index contributed by atoms with van der Waals surface area (Å²) in [7, 11) is 0. The molecule has 2 aliphatic carbocycles. The van der Waals surface area contributed by atoms with Gasteiger partial charge in [0.05, 0.1) is 6.04 Å². The Morgan fingerprint density at radius 2 is 1.93 bits per heavy atom. The van der Waals surface area contributed by atoms with Crippen LogP contribution in [0.15, 0.2) is 0 Å². The molecule has 2 fully saturated rings. The molecule has 1 amide bonds. The van der Waals surface area contributed by atoms with Crippen LogP contribution < -0.4 is 10.6 Å². The van der Waals surface area contributed by atoms with E-state index in [9.17, 15) is 4.79 Å². The highest BCUT2D eigenvalue weighted by Crippen LogP contribution is 2.27. The van der Waals surface area contributed by atoms with Gasteiger partial charge in [-0.3, -0.25) is 4.79 Å². The number of amides is 1. The second-order valence-electron chi connectivity index (χ2n) is 5.06. The van der Waals surface area contributed by atoms with Gasteiger partial charge in [0.15, 0.2) is 0 Å². The standard InChI is InChI=1S/C12H22N2O/c1-9(13-8-10-6-7-10)12(15)14-11-4-2-3-5-11/h9-11,13H,2-8H2,1H3,(H,14,15). The van der Waals surface area contributed by atoms with Crippen LogP contribution in [0, 0.1) is 5.92 Å². The Kier molecular flexibility index (Phi) is 3.62. The first-order valence-electron chi connectivity index (χ1n) is 6.29. The van der Waals surface area contributed by atoms with Gasteiger partial charge < -0.3 is 10.6 Å². The molecule has 0 saturated heterocycles. The predicted octanol–water partition coefficient (Wildman–Crippen LogP) is 1.43. The van der Waals surface area contributed by atoms with Gasteiger partial charge in [0.1, 0.15) is 0 Å². The van der Waals surface area contributed by atoms with Gasteiger partial charge in [-0.1, -0.05) is 12.8 Å². The lowest BCUT2D eigenvalue weighted by atomic mass is 10.2. The maximum Gasteiger partial charge on any atom is 0.237 e. The third-order valence-corrected chi connectivity index (χ3v) is 3.50. The first-order valence-corrected chi connectivity index (χ1v) is 6.29. The smallest absolute Gasteiger partial charge is 0.237 e. The van der Waals surface area contributed by atoms with E-state index in [-0.39, 0.29) is 11.9 Å². The summed E-state index contributed by atoms with van der Waals surface area (Å²) in [4.78, 5) is 11.8. The lowest BCUT2D eigenvalue weighted by Crippen LogP contribution is -2.46. The summed E-state index contributed by atoms with van der Waals surface area (Å²) in [6, 6.07) is 0.425. The number of nitrogens with one attached hydrogen (secondary N) is 2. The highest BCUT2D eigenvalue weighted by atomic mass is 16.2. The molecule has 3 heteroatoms. The Morgan fingerprint density at radius 1 is 1.27 bits per heavy atom. The summed E-state index contributed by atoms with van der Waals surface area (Å²) in [5, 5.41) is 6.43. The average Bonchev–Trinajstić information content (AvgIpc) is 2.92. The Labute approximate surface area is 92.0 Å². The molecule has 1 atom stereocenters. The van der Waals surface area contributed by atoms with E-state index < -0.39 is 0 Å². The van der Waals surface area contributed by atoms with Gasteiger partial charge in [-0.15, -0.1) is 0 Å². The van der Waals surface area contributed by atoms with Crippen molar-refractivity contribution in [2.24, 2.45) is 5.92 Å². The molecule has 1 unspecified atom stereocenters. The van der Waals surface area contributed by atoms with Crippen LogP contribution in [0.1, 0.15) is 45.4 Å². The SMILES string of the molecule is CC(NCC1CC1)C(=O)NC1CCCC1. The summed E-state index contributed by atoms with van der Waals surface area (Å²) in [5.74, 6) is 1.02. The summed E-state index contributed by atoms with van der Waals surface area (Å²) >= 11 is 0. The van der Waals surface area contributed by atoms with Gasteiger partial charge in [-0.2, -0.15) is 0 Å². The van der Waals surface area contributed by atoms with Crippen LogP contribution in [0.5, 0.6) is 0 Å². The van der Waals surface area contributed by atoms with Crippen molar-refractivity contribution in [3.8, 4) is 0 Å². The first-order chi connectivity index (χ1) is 7.25. The second kappa shape index (κ2) is 4.97. The van der Waals surface area contributed by atoms with Crippen molar-refractivity contribution < 1.29 is 4.79 Å². The summed E-state index contributed by atoms with van der Waals surface area (Å²) in [6.45, 7) is 2.98. The molecule has 0 aliphatic heterocycles. The Hall–Kier alpha value is -0.570. The molecule has 0 heterocycles.